The minimum Gasteiger partial charge on any atom is -0.478 e. The molecule has 2 aromatic carbocycles. The number of hydrogen-bond acceptors (Lipinski definition) is 3. The van der Waals surface area contributed by atoms with Crippen molar-refractivity contribution in [3.63, 3.8) is 0 Å². The summed E-state index contributed by atoms with van der Waals surface area (Å²) in [6.45, 7) is 5.80. The summed E-state index contributed by atoms with van der Waals surface area (Å²) < 4.78 is 13.7. The van der Waals surface area contributed by atoms with E-state index in [2.05, 4.69) is 31.4 Å². The molecule has 0 atom stereocenters. The van der Waals surface area contributed by atoms with Crippen LogP contribution in [0.1, 0.15) is 47.1 Å². The lowest BCUT2D eigenvalue weighted by atomic mass is 9.87. The fraction of sp³-hybridized carbons (Fsp3) is 0.250. The highest BCUT2D eigenvalue weighted by molar-refractivity contribution is 6.00. The Balaban J connectivity index is 1.96. The van der Waals surface area contributed by atoms with Crippen molar-refractivity contribution in [3.05, 3.63) is 65.0 Å². The number of carbonyl (C=O) groups is 3. The van der Waals surface area contributed by atoms with Gasteiger partial charge in [0, 0.05) is 5.56 Å². The van der Waals surface area contributed by atoms with E-state index in [0.29, 0.717) is 5.56 Å². The highest BCUT2D eigenvalue weighted by Crippen LogP contribution is 2.22. The van der Waals surface area contributed by atoms with Gasteiger partial charge < -0.3 is 15.7 Å². The predicted molar refractivity (Wildman–Crippen MR) is 99.5 cm³/mol. The normalized spacial score (nSPS) is 11.0. The maximum Gasteiger partial charge on any atom is 0.335 e. The first-order valence-electron chi connectivity index (χ1n) is 8.29. The number of amides is 2. The van der Waals surface area contributed by atoms with E-state index in [4.69, 9.17) is 5.11 Å². The summed E-state index contributed by atoms with van der Waals surface area (Å²) in [5.74, 6) is -3.11. The van der Waals surface area contributed by atoms with Gasteiger partial charge in [0.05, 0.1) is 17.8 Å². The highest BCUT2D eigenvalue weighted by Gasteiger charge is 2.15. The largest absolute Gasteiger partial charge is 0.478 e. The van der Waals surface area contributed by atoms with Crippen LogP contribution in [-0.2, 0) is 10.2 Å². The van der Waals surface area contributed by atoms with Gasteiger partial charge in [-0.05, 0) is 41.3 Å². The van der Waals surface area contributed by atoms with Crippen LogP contribution in [0.5, 0.6) is 0 Å². The Morgan fingerprint density at radius 2 is 1.59 bits per heavy atom. The second kappa shape index (κ2) is 7.99. The van der Waals surface area contributed by atoms with Gasteiger partial charge in [0.2, 0.25) is 5.91 Å². The molecule has 2 amide bonds. The molecule has 0 bridgehead atoms. The molecule has 0 radical (unpaired) electrons. The predicted octanol–water partition coefficient (Wildman–Crippen LogP) is 3.19. The molecule has 3 N–H and O–H groups in total. The Kier molecular flexibility index (Phi) is 5.95. The molecule has 0 saturated heterocycles. The van der Waals surface area contributed by atoms with Crippen LogP contribution in [0.15, 0.2) is 42.5 Å². The lowest BCUT2D eigenvalue weighted by Crippen LogP contribution is -2.33. The van der Waals surface area contributed by atoms with Crippen molar-refractivity contribution in [2.24, 2.45) is 0 Å². The minimum absolute atomic E-state index is 0.0382. The monoisotopic (exact) mass is 372 g/mol. The fourth-order valence-electron chi connectivity index (χ4n) is 2.33. The third-order valence-corrected chi connectivity index (χ3v) is 3.91. The van der Waals surface area contributed by atoms with Gasteiger partial charge in [-0.25, -0.2) is 9.18 Å². The van der Waals surface area contributed by atoms with Crippen molar-refractivity contribution < 1.29 is 23.9 Å². The van der Waals surface area contributed by atoms with E-state index in [0.717, 1.165) is 23.8 Å². The highest BCUT2D eigenvalue weighted by atomic mass is 19.1. The Bertz CT molecular complexity index is 871. The van der Waals surface area contributed by atoms with Crippen LogP contribution in [0.2, 0.25) is 0 Å². The summed E-state index contributed by atoms with van der Waals surface area (Å²) in [5.41, 5.74) is 1.02. The number of carbonyl (C=O) groups excluding carboxylic acids is 2. The second-order valence-electron chi connectivity index (χ2n) is 7.06. The van der Waals surface area contributed by atoms with Gasteiger partial charge >= 0.3 is 5.97 Å². The SMILES string of the molecule is CC(C)(C)c1ccc(C(=O)NCC(=O)Nc2cc(C(=O)O)ccc2F)cc1. The summed E-state index contributed by atoms with van der Waals surface area (Å²) in [5, 5.41) is 13.6. The van der Waals surface area contributed by atoms with E-state index in [1.54, 1.807) is 12.1 Å². The molecule has 0 unspecified atom stereocenters. The van der Waals surface area contributed by atoms with Crippen molar-refractivity contribution >= 4 is 23.5 Å². The first-order chi connectivity index (χ1) is 12.6. The number of benzene rings is 2. The molecule has 0 aliphatic rings. The standard InChI is InChI=1S/C20H21FN2O4/c1-20(2,3)14-7-4-12(5-8-14)18(25)22-11-17(24)23-16-10-13(19(26)27)6-9-15(16)21/h4-10H,11H2,1-3H3,(H,22,25)(H,23,24)(H,26,27). The van der Waals surface area contributed by atoms with Gasteiger partial charge in [0.25, 0.3) is 5.91 Å². The van der Waals surface area contributed by atoms with Crippen molar-refractivity contribution in [2.45, 2.75) is 26.2 Å². The molecule has 27 heavy (non-hydrogen) atoms. The molecule has 6 nitrogen and oxygen atoms in total. The molecule has 7 heteroatoms. The zero-order valence-electron chi connectivity index (χ0n) is 15.3. The molecule has 0 aliphatic heterocycles. The summed E-state index contributed by atoms with van der Waals surface area (Å²) in [7, 11) is 0. The lowest BCUT2D eigenvalue weighted by Gasteiger charge is -2.19. The van der Waals surface area contributed by atoms with E-state index in [1.807, 2.05) is 12.1 Å². The first-order valence-corrected chi connectivity index (χ1v) is 8.29. The van der Waals surface area contributed by atoms with E-state index in [1.165, 1.54) is 0 Å². The average molecular weight is 372 g/mol. The third kappa shape index (κ3) is 5.37. The van der Waals surface area contributed by atoms with E-state index >= 15 is 0 Å². The van der Waals surface area contributed by atoms with E-state index in [-0.39, 0.29) is 23.2 Å². The van der Waals surface area contributed by atoms with Crippen LogP contribution in [0.4, 0.5) is 10.1 Å². The summed E-state index contributed by atoms with van der Waals surface area (Å²) >= 11 is 0. The molecule has 2 rings (SSSR count). The number of hydrogen-bond donors (Lipinski definition) is 3. The molecule has 142 valence electrons. The Labute approximate surface area is 156 Å². The van der Waals surface area contributed by atoms with Crippen molar-refractivity contribution in [3.8, 4) is 0 Å². The van der Waals surface area contributed by atoms with E-state index < -0.39 is 23.6 Å². The summed E-state index contributed by atoms with van der Waals surface area (Å²) in [6.07, 6.45) is 0. The maximum absolute atomic E-state index is 13.7. The maximum atomic E-state index is 13.7. The Morgan fingerprint density at radius 1 is 1.00 bits per heavy atom. The fourth-order valence-corrected chi connectivity index (χ4v) is 2.33. The van der Waals surface area contributed by atoms with Gasteiger partial charge in [-0.3, -0.25) is 9.59 Å². The topological polar surface area (TPSA) is 95.5 Å². The van der Waals surface area contributed by atoms with Crippen LogP contribution < -0.4 is 10.6 Å². The second-order valence-corrected chi connectivity index (χ2v) is 7.06. The van der Waals surface area contributed by atoms with Crippen LogP contribution in [0.3, 0.4) is 0 Å². The van der Waals surface area contributed by atoms with E-state index in [9.17, 15) is 18.8 Å². The zero-order chi connectivity index (χ0) is 20.2. The molecular formula is C20H21FN2O4. The minimum atomic E-state index is -1.24. The van der Waals surface area contributed by atoms with Gasteiger partial charge in [-0.2, -0.15) is 0 Å². The van der Waals surface area contributed by atoms with Crippen LogP contribution in [0, 0.1) is 5.82 Å². The van der Waals surface area contributed by atoms with Gasteiger partial charge in [-0.1, -0.05) is 32.9 Å². The molecule has 0 aromatic heterocycles. The number of nitrogens with one attached hydrogen (secondary N) is 2. The number of carboxylic acid groups (broad SMARTS) is 1. The third-order valence-electron chi connectivity index (χ3n) is 3.91. The Hall–Kier alpha value is -3.22. The average Bonchev–Trinajstić information content (AvgIpc) is 2.60. The molecule has 0 fully saturated rings. The van der Waals surface area contributed by atoms with Crippen molar-refractivity contribution in [2.75, 3.05) is 11.9 Å². The number of carboxylic acids is 1. The molecule has 0 saturated carbocycles. The zero-order valence-corrected chi connectivity index (χ0v) is 15.3. The number of anilines is 1. The summed E-state index contributed by atoms with van der Waals surface area (Å²) in [6, 6.07) is 10.1. The van der Waals surface area contributed by atoms with Crippen LogP contribution >= 0.6 is 0 Å². The quantitative estimate of drug-likeness (QED) is 0.751. The van der Waals surface area contributed by atoms with Gasteiger partial charge in [0.15, 0.2) is 0 Å². The number of rotatable bonds is 5. The number of halogens is 1. The molecule has 0 aliphatic carbocycles. The molecule has 2 aromatic rings. The first kappa shape index (κ1) is 20.1. The molecule has 0 spiro atoms. The van der Waals surface area contributed by atoms with Crippen LogP contribution in [0.25, 0.3) is 0 Å². The van der Waals surface area contributed by atoms with Crippen LogP contribution in [-0.4, -0.2) is 29.4 Å². The smallest absolute Gasteiger partial charge is 0.335 e. The number of aromatic carboxylic acids is 1. The lowest BCUT2D eigenvalue weighted by molar-refractivity contribution is -0.115. The van der Waals surface area contributed by atoms with Crippen molar-refractivity contribution in [1.82, 2.24) is 5.32 Å². The van der Waals surface area contributed by atoms with Crippen molar-refractivity contribution in [1.29, 1.82) is 0 Å². The molecular weight excluding hydrogens is 351 g/mol. The Morgan fingerprint density at radius 3 is 2.15 bits per heavy atom. The summed E-state index contributed by atoms with van der Waals surface area (Å²) in [4.78, 5) is 35.0. The van der Waals surface area contributed by atoms with Gasteiger partial charge in [0.1, 0.15) is 5.82 Å². The van der Waals surface area contributed by atoms with Gasteiger partial charge in [-0.15, -0.1) is 0 Å². The molecule has 0 heterocycles.